The molecule has 0 saturated heterocycles. The van der Waals surface area contributed by atoms with Gasteiger partial charge in [0.25, 0.3) is 0 Å². The van der Waals surface area contributed by atoms with Crippen LogP contribution >= 0.6 is 0 Å². The molecule has 0 heterocycles. The van der Waals surface area contributed by atoms with Crippen LogP contribution in [0.4, 0.5) is 0 Å². The first-order valence-corrected chi connectivity index (χ1v) is 2.76. The van der Waals surface area contributed by atoms with Gasteiger partial charge in [-0.3, -0.25) is 0 Å². The predicted molar refractivity (Wildman–Crippen MR) is 39.7 cm³/mol. The van der Waals surface area contributed by atoms with Crippen molar-refractivity contribution < 1.29 is 5.11 Å². The van der Waals surface area contributed by atoms with Gasteiger partial charge in [0.1, 0.15) is 0 Å². The minimum atomic E-state index is -0.176. The van der Waals surface area contributed by atoms with Gasteiger partial charge in [0.2, 0.25) is 5.88 Å². The Morgan fingerprint density at radius 3 is 2.56 bits per heavy atom. The average Bonchev–Trinajstić information content (AvgIpc) is 1.83. The maximum atomic E-state index is 8.46. The third-order valence-electron chi connectivity index (χ3n) is 0.850. The maximum absolute atomic E-state index is 8.46. The summed E-state index contributed by atoms with van der Waals surface area (Å²) in [7, 11) is 0. The fourth-order valence-corrected chi connectivity index (χ4v) is 0.257. The Morgan fingerprint density at radius 2 is 2.22 bits per heavy atom. The molecule has 2 nitrogen and oxygen atoms in total. The first kappa shape index (κ1) is 7.95. The summed E-state index contributed by atoms with van der Waals surface area (Å²) in [5.41, 5.74) is 0.880. The minimum absolute atomic E-state index is 0.176. The quantitative estimate of drug-likeness (QED) is 0.454. The molecule has 0 unspecified atom stereocenters. The second kappa shape index (κ2) is 3.89. The molecule has 0 aromatic rings. The number of aliphatic hydroxyl groups is 1. The molecule has 0 aliphatic carbocycles. The van der Waals surface area contributed by atoms with Gasteiger partial charge in [-0.2, -0.15) is 0 Å². The van der Waals surface area contributed by atoms with E-state index in [4.69, 9.17) is 5.11 Å². The molecule has 2 heteroatoms. The van der Waals surface area contributed by atoms with E-state index < -0.39 is 0 Å². The average molecular weight is 125 g/mol. The second-order valence-electron chi connectivity index (χ2n) is 1.69. The molecule has 1 N–H and O–H groups in total. The maximum Gasteiger partial charge on any atom is 0.203 e. The highest BCUT2D eigenvalue weighted by molar-refractivity contribution is 5.77. The number of hydrogen-bond donors (Lipinski definition) is 1. The fraction of sp³-hybridized carbons (Fsp3) is 0.286. The second-order valence-corrected chi connectivity index (χ2v) is 1.69. The van der Waals surface area contributed by atoms with E-state index in [9.17, 15) is 0 Å². The van der Waals surface area contributed by atoms with Gasteiger partial charge < -0.3 is 5.11 Å². The zero-order valence-electron chi connectivity index (χ0n) is 5.59. The molecule has 0 rings (SSSR count). The molecule has 50 valence electrons. The van der Waals surface area contributed by atoms with Crippen LogP contribution in [-0.2, 0) is 0 Å². The van der Waals surface area contributed by atoms with Crippen molar-refractivity contribution in [1.82, 2.24) is 0 Å². The highest BCUT2D eigenvalue weighted by Crippen LogP contribution is 1.92. The first-order valence-electron chi connectivity index (χ1n) is 2.76. The van der Waals surface area contributed by atoms with Gasteiger partial charge >= 0.3 is 0 Å². The lowest BCUT2D eigenvalue weighted by atomic mass is 10.3. The van der Waals surface area contributed by atoms with Crippen LogP contribution in [0.25, 0.3) is 0 Å². The lowest BCUT2D eigenvalue weighted by Gasteiger charge is -1.88. The lowest BCUT2D eigenvalue weighted by molar-refractivity contribution is 0.410. The predicted octanol–water partition coefficient (Wildman–Crippen LogP) is 2.05. The Labute approximate surface area is 55.2 Å². The van der Waals surface area contributed by atoms with Crippen molar-refractivity contribution in [2.24, 2.45) is 4.99 Å². The summed E-state index contributed by atoms with van der Waals surface area (Å²) >= 11 is 0. The Kier molecular flexibility index (Phi) is 3.44. The monoisotopic (exact) mass is 125 g/mol. The summed E-state index contributed by atoms with van der Waals surface area (Å²) in [6.45, 7) is 8.79. The summed E-state index contributed by atoms with van der Waals surface area (Å²) in [6, 6.07) is 0. The van der Waals surface area contributed by atoms with E-state index in [-0.39, 0.29) is 5.88 Å². The fourth-order valence-electron chi connectivity index (χ4n) is 0.257. The van der Waals surface area contributed by atoms with E-state index in [0.717, 1.165) is 12.0 Å². The van der Waals surface area contributed by atoms with Gasteiger partial charge in [-0.15, -0.1) is 0 Å². The van der Waals surface area contributed by atoms with E-state index in [1.54, 1.807) is 0 Å². The van der Waals surface area contributed by atoms with E-state index in [1.165, 1.54) is 6.21 Å². The van der Waals surface area contributed by atoms with Gasteiger partial charge in [0.05, 0.1) is 0 Å². The lowest BCUT2D eigenvalue weighted by Crippen LogP contribution is -1.79. The zero-order valence-corrected chi connectivity index (χ0v) is 5.59. The summed E-state index contributed by atoms with van der Waals surface area (Å²) in [5.74, 6) is -0.176. The number of hydrogen-bond acceptors (Lipinski definition) is 2. The van der Waals surface area contributed by atoms with Crippen LogP contribution < -0.4 is 0 Å². The van der Waals surface area contributed by atoms with Gasteiger partial charge in [-0.1, -0.05) is 13.5 Å². The third kappa shape index (κ3) is 4.81. The van der Waals surface area contributed by atoms with Crippen molar-refractivity contribution in [3.63, 3.8) is 0 Å². The van der Waals surface area contributed by atoms with Crippen LogP contribution in [0.1, 0.15) is 13.3 Å². The van der Waals surface area contributed by atoms with E-state index >= 15 is 0 Å². The summed E-state index contributed by atoms with van der Waals surface area (Å²) in [6.07, 6.45) is 2.35. The van der Waals surface area contributed by atoms with Crippen molar-refractivity contribution in [3.8, 4) is 0 Å². The van der Waals surface area contributed by atoms with E-state index in [2.05, 4.69) is 18.2 Å². The van der Waals surface area contributed by atoms with Crippen molar-refractivity contribution in [2.75, 3.05) is 0 Å². The Morgan fingerprint density at radius 1 is 1.67 bits per heavy atom. The number of allylic oxidation sites excluding steroid dienone is 1. The molecule has 0 spiro atoms. The van der Waals surface area contributed by atoms with Crippen LogP contribution in [-0.4, -0.2) is 11.3 Å². The molecule has 0 aliphatic heterocycles. The van der Waals surface area contributed by atoms with Crippen LogP contribution in [0, 0.1) is 0 Å². The van der Waals surface area contributed by atoms with Crippen LogP contribution in [0.3, 0.4) is 0 Å². The first-order chi connectivity index (χ1) is 4.16. The standard InChI is InChI=1S/C7H11NO/c1-4-6(2)5-8-7(3)9/h5,9H,2-4H2,1H3/b8-5-. The zero-order chi connectivity index (χ0) is 7.28. The topological polar surface area (TPSA) is 32.6 Å². The number of aliphatic imine (C=N–C) groups is 1. The largest absolute Gasteiger partial charge is 0.494 e. The Bertz CT molecular complexity index is 147. The molecular weight excluding hydrogens is 114 g/mol. The van der Waals surface area contributed by atoms with Crippen LogP contribution in [0.15, 0.2) is 29.6 Å². The molecule has 9 heavy (non-hydrogen) atoms. The van der Waals surface area contributed by atoms with Crippen LogP contribution in [0.2, 0.25) is 0 Å². The van der Waals surface area contributed by atoms with Crippen molar-refractivity contribution in [3.05, 3.63) is 24.6 Å². The Hall–Kier alpha value is -1.05. The van der Waals surface area contributed by atoms with E-state index in [1.807, 2.05) is 6.92 Å². The van der Waals surface area contributed by atoms with Gasteiger partial charge in [-0.05, 0) is 18.6 Å². The summed E-state index contributed by atoms with van der Waals surface area (Å²) in [5, 5.41) is 8.46. The molecule has 0 atom stereocenters. The molecule has 0 aliphatic rings. The van der Waals surface area contributed by atoms with Crippen molar-refractivity contribution in [1.29, 1.82) is 0 Å². The van der Waals surface area contributed by atoms with Crippen LogP contribution in [0.5, 0.6) is 0 Å². The molecule has 0 saturated carbocycles. The number of nitrogens with zero attached hydrogens (tertiary/aromatic N) is 1. The van der Waals surface area contributed by atoms with Crippen molar-refractivity contribution in [2.45, 2.75) is 13.3 Å². The van der Waals surface area contributed by atoms with Gasteiger partial charge in [0.15, 0.2) is 0 Å². The minimum Gasteiger partial charge on any atom is -0.494 e. The number of aliphatic hydroxyl groups excluding tert-OH is 1. The van der Waals surface area contributed by atoms with Crippen molar-refractivity contribution >= 4 is 6.21 Å². The molecular formula is C7H11NO. The normalized spacial score (nSPS) is 9.89. The van der Waals surface area contributed by atoms with Gasteiger partial charge in [-0.25, -0.2) is 4.99 Å². The third-order valence-corrected chi connectivity index (χ3v) is 0.850. The SMILES string of the molecule is C=C(/C=N\C(=C)O)CC. The number of rotatable bonds is 3. The molecule has 0 aromatic carbocycles. The molecule has 0 aromatic heterocycles. The highest BCUT2D eigenvalue weighted by Gasteiger charge is 1.81. The smallest absolute Gasteiger partial charge is 0.203 e. The molecule has 0 bridgehead atoms. The molecule has 0 amide bonds. The van der Waals surface area contributed by atoms with E-state index in [0.29, 0.717) is 0 Å². The highest BCUT2D eigenvalue weighted by atomic mass is 16.3. The van der Waals surface area contributed by atoms with Gasteiger partial charge in [0, 0.05) is 6.21 Å². The Balaban J connectivity index is 3.71. The summed E-state index contributed by atoms with van der Waals surface area (Å²) < 4.78 is 0. The summed E-state index contributed by atoms with van der Waals surface area (Å²) in [4.78, 5) is 3.53. The molecule has 0 fully saturated rings. The molecule has 0 radical (unpaired) electrons.